The zero-order chi connectivity index (χ0) is 16.4. The largest absolute Gasteiger partial charge is 0.371 e. The highest BCUT2D eigenvalue weighted by atomic mass is 35.5. The third kappa shape index (κ3) is 3.87. The van der Waals surface area contributed by atoms with Gasteiger partial charge in [0.25, 0.3) is 0 Å². The van der Waals surface area contributed by atoms with Crippen LogP contribution in [0.4, 0.5) is 4.39 Å². The van der Waals surface area contributed by atoms with E-state index < -0.39 is 0 Å². The van der Waals surface area contributed by atoms with Gasteiger partial charge in [-0.25, -0.2) is 9.07 Å². The van der Waals surface area contributed by atoms with Crippen molar-refractivity contribution in [2.24, 2.45) is 0 Å². The van der Waals surface area contributed by atoms with Crippen molar-refractivity contribution in [3.63, 3.8) is 0 Å². The number of ether oxygens (including phenoxy) is 1. The lowest BCUT2D eigenvalue weighted by Crippen LogP contribution is -2.33. The third-order valence-corrected chi connectivity index (χ3v) is 4.09. The molecule has 1 fully saturated rings. The lowest BCUT2D eigenvalue weighted by molar-refractivity contribution is 0.0277. The molecule has 0 aliphatic carbocycles. The van der Waals surface area contributed by atoms with E-state index in [2.05, 4.69) is 15.6 Å². The Kier molecular flexibility index (Phi) is 5.43. The summed E-state index contributed by atoms with van der Waals surface area (Å²) >= 11 is 0. The monoisotopic (exact) mass is 360 g/mol. The second kappa shape index (κ2) is 7.74. The van der Waals surface area contributed by atoms with Crippen LogP contribution in [0.25, 0.3) is 16.9 Å². The van der Waals surface area contributed by atoms with Crippen LogP contribution >= 0.6 is 12.4 Å². The Balaban J connectivity index is 0.00000182. The van der Waals surface area contributed by atoms with E-state index in [0.717, 1.165) is 36.5 Å². The van der Waals surface area contributed by atoms with Crippen molar-refractivity contribution in [3.05, 3.63) is 66.1 Å². The summed E-state index contributed by atoms with van der Waals surface area (Å²) in [7, 11) is 0. The molecule has 3 aromatic rings. The maximum Gasteiger partial charge on any atom is 0.123 e. The smallest absolute Gasteiger partial charge is 0.123 e. The van der Waals surface area contributed by atoms with Crippen molar-refractivity contribution < 1.29 is 9.13 Å². The van der Waals surface area contributed by atoms with Crippen molar-refractivity contribution in [3.8, 4) is 16.9 Å². The van der Waals surface area contributed by atoms with Crippen molar-refractivity contribution in [1.82, 2.24) is 20.3 Å². The minimum atomic E-state index is -0.263. The van der Waals surface area contributed by atoms with Crippen LogP contribution in [0.15, 0.2) is 54.7 Å². The Morgan fingerprint density at radius 3 is 2.52 bits per heavy atom. The topological polar surface area (TPSA) is 52.0 Å². The van der Waals surface area contributed by atoms with Gasteiger partial charge < -0.3 is 10.1 Å². The molecule has 2 aromatic carbocycles. The van der Waals surface area contributed by atoms with Crippen LogP contribution in [-0.2, 0) is 4.74 Å². The normalized spacial score (nSPS) is 17.1. The molecule has 5 nitrogen and oxygen atoms in total. The molecule has 1 N–H and O–H groups in total. The Morgan fingerprint density at radius 2 is 1.84 bits per heavy atom. The minimum Gasteiger partial charge on any atom is -0.371 e. The predicted molar refractivity (Wildman–Crippen MR) is 95.6 cm³/mol. The molecule has 1 aromatic heterocycles. The summed E-state index contributed by atoms with van der Waals surface area (Å²) in [4.78, 5) is 0. The molecular formula is C18H18ClFN4O. The van der Waals surface area contributed by atoms with E-state index in [9.17, 15) is 4.39 Å². The fourth-order valence-corrected chi connectivity index (χ4v) is 2.76. The number of aromatic nitrogens is 3. The number of hydrogen-bond acceptors (Lipinski definition) is 4. The van der Waals surface area contributed by atoms with Crippen LogP contribution in [-0.4, -0.2) is 34.7 Å². The maximum absolute atomic E-state index is 13.0. The van der Waals surface area contributed by atoms with Gasteiger partial charge in [-0.3, -0.25) is 0 Å². The molecule has 0 saturated carbocycles. The highest BCUT2D eigenvalue weighted by Gasteiger charge is 2.15. The number of benzene rings is 2. The minimum absolute atomic E-state index is 0. The van der Waals surface area contributed by atoms with E-state index in [-0.39, 0.29) is 24.3 Å². The highest BCUT2D eigenvalue weighted by molar-refractivity contribution is 5.85. The summed E-state index contributed by atoms with van der Waals surface area (Å²) in [6, 6.07) is 14.3. The molecule has 4 rings (SSSR count). The van der Waals surface area contributed by atoms with Gasteiger partial charge >= 0.3 is 0 Å². The first-order valence-electron chi connectivity index (χ1n) is 7.90. The standard InChI is InChI=1S/C18H17FN4O.ClH/c19-15-5-1-13(2-6-15)17-12-23(22-21-17)16-7-3-14(4-8-16)18-11-20-9-10-24-18;/h1-8,12,18,20H,9-11H2;1H. The second-order valence-electron chi connectivity index (χ2n) is 5.71. The predicted octanol–water partition coefficient (Wildman–Crippen LogP) is 3.16. The first-order chi connectivity index (χ1) is 11.8. The third-order valence-electron chi connectivity index (χ3n) is 4.09. The number of nitrogens with zero attached hydrogens (tertiary/aromatic N) is 3. The lowest BCUT2D eigenvalue weighted by atomic mass is 10.1. The van der Waals surface area contributed by atoms with E-state index in [0.29, 0.717) is 5.69 Å². The number of rotatable bonds is 3. The summed E-state index contributed by atoms with van der Waals surface area (Å²) in [5, 5.41) is 11.6. The molecular weight excluding hydrogens is 343 g/mol. The molecule has 0 bridgehead atoms. The van der Waals surface area contributed by atoms with Crippen LogP contribution in [0.3, 0.4) is 0 Å². The number of halogens is 2. The van der Waals surface area contributed by atoms with Crippen molar-refractivity contribution >= 4 is 12.4 Å². The molecule has 1 saturated heterocycles. The van der Waals surface area contributed by atoms with Gasteiger partial charge in [0.05, 0.1) is 24.6 Å². The summed E-state index contributed by atoms with van der Waals surface area (Å²) in [6.07, 6.45) is 1.93. The Bertz CT molecular complexity index is 814. The molecule has 1 atom stereocenters. The molecule has 25 heavy (non-hydrogen) atoms. The fraction of sp³-hybridized carbons (Fsp3) is 0.222. The Hall–Kier alpha value is -2.28. The van der Waals surface area contributed by atoms with Gasteiger partial charge in [0.2, 0.25) is 0 Å². The molecule has 1 aliphatic rings. The lowest BCUT2D eigenvalue weighted by Gasteiger charge is -2.24. The average molecular weight is 361 g/mol. The van der Waals surface area contributed by atoms with E-state index in [1.54, 1.807) is 16.8 Å². The molecule has 0 amide bonds. The molecule has 130 valence electrons. The zero-order valence-corrected chi connectivity index (χ0v) is 14.2. The number of nitrogens with one attached hydrogen (secondary N) is 1. The fourth-order valence-electron chi connectivity index (χ4n) is 2.76. The van der Waals surface area contributed by atoms with Gasteiger partial charge in [-0.05, 0) is 42.0 Å². The van der Waals surface area contributed by atoms with Crippen molar-refractivity contribution in [2.45, 2.75) is 6.10 Å². The van der Waals surface area contributed by atoms with Gasteiger partial charge in [0.15, 0.2) is 0 Å². The van der Waals surface area contributed by atoms with Gasteiger partial charge in [-0.2, -0.15) is 0 Å². The van der Waals surface area contributed by atoms with Crippen LogP contribution in [0, 0.1) is 5.82 Å². The quantitative estimate of drug-likeness (QED) is 0.779. The van der Waals surface area contributed by atoms with Crippen LogP contribution in [0.1, 0.15) is 11.7 Å². The van der Waals surface area contributed by atoms with E-state index in [4.69, 9.17) is 4.74 Å². The van der Waals surface area contributed by atoms with Crippen LogP contribution < -0.4 is 5.32 Å². The van der Waals surface area contributed by atoms with Crippen molar-refractivity contribution in [1.29, 1.82) is 0 Å². The first kappa shape index (κ1) is 17.5. The molecule has 0 spiro atoms. The first-order valence-corrected chi connectivity index (χ1v) is 7.90. The van der Waals surface area contributed by atoms with Gasteiger partial charge in [-0.1, -0.05) is 17.3 Å². The van der Waals surface area contributed by atoms with E-state index in [1.165, 1.54) is 12.1 Å². The van der Waals surface area contributed by atoms with E-state index >= 15 is 0 Å². The van der Waals surface area contributed by atoms with Crippen LogP contribution in [0.5, 0.6) is 0 Å². The molecule has 7 heteroatoms. The van der Waals surface area contributed by atoms with Gasteiger partial charge in [0, 0.05) is 18.7 Å². The Labute approximate surface area is 151 Å². The number of hydrogen-bond donors (Lipinski definition) is 1. The highest BCUT2D eigenvalue weighted by Crippen LogP contribution is 2.21. The summed E-state index contributed by atoms with van der Waals surface area (Å²) in [5.74, 6) is -0.263. The van der Waals surface area contributed by atoms with Crippen LogP contribution in [0.2, 0.25) is 0 Å². The maximum atomic E-state index is 13.0. The summed E-state index contributed by atoms with van der Waals surface area (Å²) in [6.45, 7) is 2.47. The second-order valence-corrected chi connectivity index (χ2v) is 5.71. The summed E-state index contributed by atoms with van der Waals surface area (Å²) < 4.78 is 20.5. The molecule has 1 aliphatic heterocycles. The number of morpholine rings is 1. The van der Waals surface area contributed by atoms with Gasteiger partial charge in [-0.15, -0.1) is 17.5 Å². The SMILES string of the molecule is Cl.Fc1ccc(-c2cn(-c3ccc(C4CNCCO4)cc3)nn2)cc1. The summed E-state index contributed by atoms with van der Waals surface area (Å²) in [5.41, 5.74) is 3.60. The zero-order valence-electron chi connectivity index (χ0n) is 13.4. The van der Waals surface area contributed by atoms with Crippen molar-refractivity contribution in [2.75, 3.05) is 19.7 Å². The molecule has 2 heterocycles. The van der Waals surface area contributed by atoms with Gasteiger partial charge in [0.1, 0.15) is 11.5 Å². The van der Waals surface area contributed by atoms with E-state index in [1.807, 2.05) is 30.5 Å². The Morgan fingerprint density at radius 1 is 1.08 bits per heavy atom. The molecule has 1 unspecified atom stereocenters. The molecule has 0 radical (unpaired) electrons. The average Bonchev–Trinajstić information content (AvgIpc) is 3.13.